The minimum absolute atomic E-state index is 0.0537. The molecule has 2 aromatic carbocycles. The molecule has 1 heterocycles. The summed E-state index contributed by atoms with van der Waals surface area (Å²) in [7, 11) is 0. The average Bonchev–Trinajstić information content (AvgIpc) is 2.70. The van der Waals surface area contributed by atoms with Crippen molar-refractivity contribution in [1.29, 1.82) is 5.26 Å². The maximum atomic E-state index is 12.4. The molecule has 6 heteroatoms. The van der Waals surface area contributed by atoms with Crippen molar-refractivity contribution in [2.45, 2.75) is 0 Å². The number of amides is 1. The maximum absolute atomic E-state index is 12.4. The average molecular weight is 347 g/mol. The Morgan fingerprint density at radius 1 is 0.962 bits per heavy atom. The van der Waals surface area contributed by atoms with E-state index in [0.717, 1.165) is 18.8 Å². The van der Waals surface area contributed by atoms with Crippen LogP contribution >= 0.6 is 0 Å². The van der Waals surface area contributed by atoms with Gasteiger partial charge in [0.05, 0.1) is 0 Å². The number of piperazine rings is 1. The van der Waals surface area contributed by atoms with E-state index >= 15 is 0 Å². The van der Waals surface area contributed by atoms with E-state index in [-0.39, 0.29) is 11.4 Å². The van der Waals surface area contributed by atoms with Gasteiger partial charge in [-0.3, -0.25) is 4.79 Å². The van der Waals surface area contributed by atoms with Crippen LogP contribution in [0, 0.1) is 11.3 Å². The Balaban J connectivity index is 1.67. The number of nitrogens with one attached hydrogen (secondary N) is 1. The van der Waals surface area contributed by atoms with Crippen LogP contribution in [0.1, 0.15) is 0 Å². The Bertz CT molecular complexity index is 818. The molecule has 3 rings (SSSR count). The maximum Gasteiger partial charge on any atom is 0.270 e. The molecule has 132 valence electrons. The zero-order valence-electron chi connectivity index (χ0n) is 14.4. The van der Waals surface area contributed by atoms with Gasteiger partial charge in [-0.25, -0.2) is 0 Å². The number of nitrogens with two attached hydrogens (primary N) is 1. The van der Waals surface area contributed by atoms with Gasteiger partial charge in [-0.1, -0.05) is 36.4 Å². The van der Waals surface area contributed by atoms with Gasteiger partial charge in [-0.15, -0.1) is 0 Å². The molecule has 0 spiro atoms. The van der Waals surface area contributed by atoms with Crippen LogP contribution in [-0.2, 0) is 4.79 Å². The number of nitrogens with zero attached hydrogens (tertiary/aromatic N) is 3. The Labute approximate surface area is 153 Å². The molecule has 0 bridgehead atoms. The van der Waals surface area contributed by atoms with Crippen LogP contribution in [0.2, 0.25) is 0 Å². The molecule has 0 aromatic heterocycles. The molecule has 0 aliphatic carbocycles. The summed E-state index contributed by atoms with van der Waals surface area (Å²) in [6, 6.07) is 21.1. The Morgan fingerprint density at radius 3 is 2.12 bits per heavy atom. The summed E-state index contributed by atoms with van der Waals surface area (Å²) in [5, 5.41) is 12.1. The van der Waals surface area contributed by atoms with Crippen molar-refractivity contribution in [3.63, 3.8) is 0 Å². The number of carbonyl (C=O) groups excluding carboxylic acids is 1. The zero-order chi connectivity index (χ0) is 18.4. The largest absolute Gasteiger partial charge is 0.384 e. The highest BCUT2D eigenvalue weighted by Gasteiger charge is 2.22. The molecule has 1 aliphatic rings. The molecule has 0 unspecified atom stereocenters. The van der Waals surface area contributed by atoms with Gasteiger partial charge in [0.1, 0.15) is 11.9 Å². The minimum atomic E-state index is -0.485. The van der Waals surface area contributed by atoms with Crippen molar-refractivity contribution in [2.24, 2.45) is 5.73 Å². The van der Waals surface area contributed by atoms with Crippen LogP contribution in [0.3, 0.4) is 0 Å². The van der Waals surface area contributed by atoms with E-state index in [2.05, 4.69) is 22.3 Å². The second-order valence-electron chi connectivity index (χ2n) is 6.00. The summed E-state index contributed by atoms with van der Waals surface area (Å²) in [4.78, 5) is 16.6. The molecule has 2 aromatic rings. The van der Waals surface area contributed by atoms with Crippen molar-refractivity contribution in [1.82, 2.24) is 4.90 Å². The normalized spacial score (nSPS) is 15.0. The van der Waals surface area contributed by atoms with Gasteiger partial charge >= 0.3 is 0 Å². The van der Waals surface area contributed by atoms with E-state index in [0.29, 0.717) is 18.8 Å². The highest BCUT2D eigenvalue weighted by molar-refractivity contribution is 6.06. The second kappa shape index (κ2) is 8.08. The van der Waals surface area contributed by atoms with Crippen molar-refractivity contribution in [3.8, 4) is 6.07 Å². The van der Waals surface area contributed by atoms with Crippen LogP contribution in [0.4, 0.5) is 11.4 Å². The third kappa shape index (κ3) is 3.95. The molecule has 1 fully saturated rings. The molecular weight excluding hydrogens is 326 g/mol. The molecule has 1 saturated heterocycles. The fraction of sp³-hybridized carbons (Fsp3) is 0.200. The van der Waals surface area contributed by atoms with Crippen molar-refractivity contribution in [3.05, 3.63) is 72.1 Å². The number of carbonyl (C=O) groups is 1. The molecule has 0 saturated carbocycles. The fourth-order valence-corrected chi connectivity index (χ4v) is 2.94. The van der Waals surface area contributed by atoms with E-state index in [9.17, 15) is 10.1 Å². The highest BCUT2D eigenvalue weighted by atomic mass is 16.1. The molecule has 6 nitrogen and oxygen atoms in total. The first-order valence-corrected chi connectivity index (χ1v) is 8.50. The summed E-state index contributed by atoms with van der Waals surface area (Å²) >= 11 is 0. The number of para-hydroxylation sites is 2. The topological polar surface area (TPSA) is 85.4 Å². The summed E-state index contributed by atoms with van der Waals surface area (Å²) in [6.07, 6.45) is 0. The predicted molar refractivity (Wildman–Crippen MR) is 102 cm³/mol. The fourth-order valence-electron chi connectivity index (χ4n) is 2.94. The van der Waals surface area contributed by atoms with Gasteiger partial charge in [0.15, 0.2) is 5.57 Å². The molecule has 0 radical (unpaired) electrons. The lowest BCUT2D eigenvalue weighted by Gasteiger charge is -2.37. The monoisotopic (exact) mass is 347 g/mol. The van der Waals surface area contributed by atoms with Crippen LogP contribution in [-0.4, -0.2) is 37.0 Å². The van der Waals surface area contributed by atoms with Crippen LogP contribution in [0.15, 0.2) is 72.1 Å². The second-order valence-corrected chi connectivity index (χ2v) is 6.00. The van der Waals surface area contributed by atoms with E-state index in [1.807, 2.05) is 47.4 Å². The number of hydrogen-bond acceptors (Lipinski definition) is 5. The lowest BCUT2D eigenvalue weighted by Crippen LogP contribution is -2.48. The smallest absolute Gasteiger partial charge is 0.270 e. The number of anilines is 2. The van der Waals surface area contributed by atoms with Gasteiger partial charge in [-0.2, -0.15) is 5.26 Å². The number of hydrogen-bond donors (Lipinski definition) is 2. The number of benzene rings is 2. The van der Waals surface area contributed by atoms with Crippen LogP contribution in [0.5, 0.6) is 0 Å². The third-order valence-corrected chi connectivity index (χ3v) is 4.37. The third-order valence-electron chi connectivity index (χ3n) is 4.37. The number of nitriles is 1. The minimum Gasteiger partial charge on any atom is -0.384 e. The van der Waals surface area contributed by atoms with Gasteiger partial charge < -0.3 is 20.9 Å². The Hall–Kier alpha value is -3.46. The van der Waals surface area contributed by atoms with Crippen LogP contribution < -0.4 is 16.0 Å². The van der Waals surface area contributed by atoms with Gasteiger partial charge in [0.25, 0.3) is 5.91 Å². The summed E-state index contributed by atoms with van der Waals surface area (Å²) in [6.45, 7) is 2.88. The van der Waals surface area contributed by atoms with Crippen LogP contribution in [0.25, 0.3) is 0 Å². The molecule has 3 N–H and O–H groups in total. The van der Waals surface area contributed by atoms with Gasteiger partial charge in [0, 0.05) is 37.6 Å². The first-order valence-electron chi connectivity index (χ1n) is 8.50. The lowest BCUT2D eigenvalue weighted by atomic mass is 10.2. The first kappa shape index (κ1) is 17.4. The Morgan fingerprint density at radius 2 is 1.54 bits per heavy atom. The first-order chi connectivity index (χ1) is 12.7. The summed E-state index contributed by atoms with van der Waals surface area (Å²) in [5.74, 6) is -0.254. The van der Waals surface area contributed by atoms with Gasteiger partial charge in [0.2, 0.25) is 0 Å². The van der Waals surface area contributed by atoms with Gasteiger partial charge in [-0.05, 0) is 24.3 Å². The molecule has 26 heavy (non-hydrogen) atoms. The van der Waals surface area contributed by atoms with E-state index in [4.69, 9.17) is 5.73 Å². The molecule has 0 atom stereocenters. The molecule has 1 amide bonds. The van der Waals surface area contributed by atoms with E-state index < -0.39 is 5.91 Å². The van der Waals surface area contributed by atoms with E-state index in [1.165, 1.54) is 0 Å². The van der Waals surface area contributed by atoms with Crippen molar-refractivity contribution in [2.75, 3.05) is 36.4 Å². The quantitative estimate of drug-likeness (QED) is 0.654. The zero-order valence-corrected chi connectivity index (χ0v) is 14.4. The van der Waals surface area contributed by atoms with Crippen molar-refractivity contribution >= 4 is 17.3 Å². The Kier molecular flexibility index (Phi) is 5.40. The standard InChI is InChI=1S/C20H21N5O/c21-15-18(20(26)23-16-7-3-1-4-8-16)19(22)25-13-11-24(12-14-25)17-9-5-2-6-10-17/h1-10H,11-14,22H2,(H,23,26)/b19-18+. The highest BCUT2D eigenvalue weighted by Crippen LogP contribution is 2.18. The molecule has 1 aliphatic heterocycles. The summed E-state index contributed by atoms with van der Waals surface area (Å²) < 4.78 is 0. The summed E-state index contributed by atoms with van der Waals surface area (Å²) in [5.41, 5.74) is 7.89. The van der Waals surface area contributed by atoms with E-state index in [1.54, 1.807) is 12.1 Å². The lowest BCUT2D eigenvalue weighted by molar-refractivity contribution is -0.112. The number of rotatable bonds is 4. The SMILES string of the molecule is N#C/C(C(=O)Nc1ccccc1)=C(/N)N1CCN(c2ccccc2)CC1. The molecular formula is C20H21N5O. The predicted octanol–water partition coefficient (Wildman–Crippen LogP) is 2.14. The van der Waals surface area contributed by atoms with Crippen molar-refractivity contribution < 1.29 is 4.79 Å².